The molecule has 0 amide bonds. The van der Waals surface area contributed by atoms with E-state index in [2.05, 4.69) is 4.74 Å². The van der Waals surface area contributed by atoms with E-state index in [1.54, 1.807) is 12.1 Å². The molecule has 0 aliphatic rings. The summed E-state index contributed by atoms with van der Waals surface area (Å²) in [7, 11) is -2.33. The standard InChI is InChI=1S/C13H19NO4S/c1-9-6-7-12(8-10(9)2)14(19(5,16)17)11(3)13(15)18-4/h6-8,11H,1-5H3/t11-/m0/s1. The number of benzene rings is 1. The largest absolute Gasteiger partial charge is 0.467 e. The monoisotopic (exact) mass is 285 g/mol. The van der Waals surface area contributed by atoms with E-state index in [-0.39, 0.29) is 0 Å². The summed E-state index contributed by atoms with van der Waals surface area (Å²) in [5.41, 5.74) is 2.48. The van der Waals surface area contributed by atoms with Crippen LogP contribution in [-0.2, 0) is 19.6 Å². The number of carbonyl (C=O) groups is 1. The average molecular weight is 285 g/mol. The summed E-state index contributed by atoms with van der Waals surface area (Å²) in [5, 5.41) is 0. The van der Waals surface area contributed by atoms with Crippen molar-refractivity contribution in [3.8, 4) is 0 Å². The highest BCUT2D eigenvalue weighted by Gasteiger charge is 2.29. The second-order valence-electron chi connectivity index (χ2n) is 4.53. The fourth-order valence-electron chi connectivity index (χ4n) is 1.83. The minimum atomic E-state index is -3.57. The van der Waals surface area contributed by atoms with Gasteiger partial charge in [-0.25, -0.2) is 13.2 Å². The molecular weight excluding hydrogens is 266 g/mol. The zero-order valence-corrected chi connectivity index (χ0v) is 12.6. The Kier molecular flexibility index (Phi) is 4.57. The van der Waals surface area contributed by atoms with Gasteiger partial charge in [0.15, 0.2) is 0 Å². The maximum Gasteiger partial charge on any atom is 0.329 e. The molecule has 1 aromatic carbocycles. The van der Waals surface area contributed by atoms with Crippen LogP contribution in [0.25, 0.3) is 0 Å². The molecule has 0 fully saturated rings. The van der Waals surface area contributed by atoms with E-state index in [1.165, 1.54) is 14.0 Å². The molecule has 0 heterocycles. The van der Waals surface area contributed by atoms with Gasteiger partial charge in [-0.15, -0.1) is 0 Å². The molecule has 0 saturated carbocycles. The summed E-state index contributed by atoms with van der Waals surface area (Å²) in [6, 6.07) is 4.35. The Bertz CT molecular complexity index is 580. The number of anilines is 1. The van der Waals surface area contributed by atoms with Crippen molar-refractivity contribution in [3.05, 3.63) is 29.3 Å². The van der Waals surface area contributed by atoms with Gasteiger partial charge in [0.05, 0.1) is 19.1 Å². The molecular formula is C13H19NO4S. The molecule has 6 heteroatoms. The summed E-state index contributed by atoms with van der Waals surface area (Å²) in [5.74, 6) is -0.594. The zero-order valence-electron chi connectivity index (χ0n) is 11.8. The Hall–Kier alpha value is -1.56. The molecule has 1 rings (SSSR count). The van der Waals surface area contributed by atoms with Crippen LogP contribution in [0.1, 0.15) is 18.1 Å². The van der Waals surface area contributed by atoms with Gasteiger partial charge in [0, 0.05) is 0 Å². The molecule has 0 aromatic heterocycles. The first kappa shape index (κ1) is 15.5. The normalized spacial score (nSPS) is 12.9. The SMILES string of the molecule is COC(=O)[C@H](C)N(c1ccc(C)c(C)c1)S(C)(=O)=O. The van der Waals surface area contributed by atoms with Gasteiger partial charge >= 0.3 is 5.97 Å². The summed E-state index contributed by atoms with van der Waals surface area (Å²) in [6.07, 6.45) is 1.07. The van der Waals surface area contributed by atoms with Crippen LogP contribution in [0.2, 0.25) is 0 Å². The Labute approximate surface area is 114 Å². The van der Waals surface area contributed by atoms with Crippen LogP contribution in [0.15, 0.2) is 18.2 Å². The lowest BCUT2D eigenvalue weighted by molar-refractivity contribution is -0.141. The van der Waals surface area contributed by atoms with Crippen LogP contribution in [0.5, 0.6) is 0 Å². The molecule has 0 radical (unpaired) electrons. The van der Waals surface area contributed by atoms with Gasteiger partial charge in [-0.1, -0.05) is 6.07 Å². The van der Waals surface area contributed by atoms with Crippen LogP contribution in [0.4, 0.5) is 5.69 Å². The van der Waals surface area contributed by atoms with Gasteiger partial charge in [-0.05, 0) is 44.0 Å². The Morgan fingerprint density at radius 1 is 1.26 bits per heavy atom. The molecule has 0 bridgehead atoms. The highest BCUT2D eigenvalue weighted by Crippen LogP contribution is 2.23. The Morgan fingerprint density at radius 3 is 2.26 bits per heavy atom. The van der Waals surface area contributed by atoms with Crippen molar-refractivity contribution in [3.63, 3.8) is 0 Å². The molecule has 1 aromatic rings. The van der Waals surface area contributed by atoms with Gasteiger partial charge in [-0.3, -0.25) is 4.31 Å². The number of esters is 1. The van der Waals surface area contributed by atoms with Crippen molar-refractivity contribution in [2.75, 3.05) is 17.7 Å². The summed E-state index contributed by atoms with van der Waals surface area (Å²) in [4.78, 5) is 11.6. The number of carbonyl (C=O) groups excluding carboxylic acids is 1. The van der Waals surface area contributed by atoms with Crippen molar-refractivity contribution in [1.82, 2.24) is 0 Å². The fraction of sp³-hybridized carbons (Fsp3) is 0.462. The second kappa shape index (κ2) is 5.61. The molecule has 19 heavy (non-hydrogen) atoms. The summed E-state index contributed by atoms with van der Waals surface area (Å²) < 4.78 is 29.5. The lowest BCUT2D eigenvalue weighted by Crippen LogP contribution is -2.43. The highest BCUT2D eigenvalue weighted by atomic mass is 32.2. The second-order valence-corrected chi connectivity index (χ2v) is 6.39. The number of aryl methyl sites for hydroxylation is 2. The third kappa shape index (κ3) is 3.47. The van der Waals surface area contributed by atoms with Gasteiger partial charge < -0.3 is 4.74 Å². The first-order valence-electron chi connectivity index (χ1n) is 5.83. The fourth-order valence-corrected chi connectivity index (χ4v) is 2.99. The van der Waals surface area contributed by atoms with Crippen LogP contribution in [0.3, 0.4) is 0 Å². The molecule has 0 aliphatic heterocycles. The number of hydrogen-bond donors (Lipinski definition) is 0. The number of ether oxygens (including phenoxy) is 1. The Morgan fingerprint density at radius 2 is 1.84 bits per heavy atom. The lowest BCUT2D eigenvalue weighted by atomic mass is 10.1. The number of hydrogen-bond acceptors (Lipinski definition) is 4. The third-order valence-electron chi connectivity index (χ3n) is 3.00. The number of rotatable bonds is 4. The molecule has 0 unspecified atom stereocenters. The molecule has 106 valence electrons. The first-order valence-corrected chi connectivity index (χ1v) is 7.67. The number of nitrogens with zero attached hydrogens (tertiary/aromatic N) is 1. The van der Waals surface area contributed by atoms with Gasteiger partial charge in [0.25, 0.3) is 0 Å². The lowest BCUT2D eigenvalue weighted by Gasteiger charge is -2.27. The predicted molar refractivity (Wildman–Crippen MR) is 74.7 cm³/mol. The first-order chi connectivity index (χ1) is 8.68. The van der Waals surface area contributed by atoms with Crippen LogP contribution >= 0.6 is 0 Å². The third-order valence-corrected chi connectivity index (χ3v) is 4.24. The number of methoxy groups -OCH3 is 1. The summed E-state index contributed by atoms with van der Waals surface area (Å²) in [6.45, 7) is 5.33. The van der Waals surface area contributed by atoms with E-state index in [4.69, 9.17) is 0 Å². The van der Waals surface area contributed by atoms with E-state index in [1.807, 2.05) is 19.9 Å². The van der Waals surface area contributed by atoms with E-state index >= 15 is 0 Å². The van der Waals surface area contributed by atoms with Crippen LogP contribution in [0, 0.1) is 13.8 Å². The van der Waals surface area contributed by atoms with Crippen LogP contribution in [-0.4, -0.2) is 33.8 Å². The van der Waals surface area contributed by atoms with E-state index in [0.29, 0.717) is 5.69 Å². The minimum Gasteiger partial charge on any atom is -0.467 e. The maximum absolute atomic E-state index is 11.9. The van der Waals surface area contributed by atoms with E-state index in [0.717, 1.165) is 21.7 Å². The van der Waals surface area contributed by atoms with Gasteiger partial charge in [0.2, 0.25) is 10.0 Å². The molecule has 0 N–H and O–H groups in total. The quantitative estimate of drug-likeness (QED) is 0.789. The van der Waals surface area contributed by atoms with Crippen LogP contribution < -0.4 is 4.31 Å². The van der Waals surface area contributed by atoms with Crippen molar-refractivity contribution < 1.29 is 17.9 Å². The molecule has 0 saturated heterocycles. The van der Waals surface area contributed by atoms with Crippen molar-refractivity contribution in [1.29, 1.82) is 0 Å². The highest BCUT2D eigenvalue weighted by molar-refractivity contribution is 7.92. The molecule has 0 aliphatic carbocycles. The molecule has 0 spiro atoms. The van der Waals surface area contributed by atoms with Crippen molar-refractivity contribution in [2.45, 2.75) is 26.8 Å². The summed E-state index contributed by atoms with van der Waals surface area (Å²) >= 11 is 0. The van der Waals surface area contributed by atoms with Crippen molar-refractivity contribution >= 4 is 21.7 Å². The Balaban J connectivity index is 3.33. The smallest absolute Gasteiger partial charge is 0.329 e. The van der Waals surface area contributed by atoms with E-state index < -0.39 is 22.0 Å². The zero-order chi connectivity index (χ0) is 14.8. The van der Waals surface area contributed by atoms with E-state index in [9.17, 15) is 13.2 Å². The molecule has 5 nitrogen and oxygen atoms in total. The molecule has 1 atom stereocenters. The van der Waals surface area contributed by atoms with Gasteiger partial charge in [-0.2, -0.15) is 0 Å². The number of sulfonamides is 1. The maximum atomic E-state index is 11.9. The predicted octanol–water partition coefficient (Wildman–Crippen LogP) is 1.63. The minimum absolute atomic E-state index is 0.462. The van der Waals surface area contributed by atoms with Gasteiger partial charge in [0.1, 0.15) is 6.04 Å². The van der Waals surface area contributed by atoms with Crippen molar-refractivity contribution in [2.24, 2.45) is 0 Å². The average Bonchev–Trinajstić information content (AvgIpc) is 2.31. The topological polar surface area (TPSA) is 63.7 Å².